The summed E-state index contributed by atoms with van der Waals surface area (Å²) in [6.45, 7) is 12.0. The summed E-state index contributed by atoms with van der Waals surface area (Å²) in [5.74, 6) is 0. The molecule has 0 aliphatic heterocycles. The minimum absolute atomic E-state index is 0.568. The van der Waals surface area contributed by atoms with Gasteiger partial charge in [0.05, 0.1) is 24.1 Å². The summed E-state index contributed by atoms with van der Waals surface area (Å²) >= 11 is 0. The van der Waals surface area contributed by atoms with Gasteiger partial charge in [0.25, 0.3) is 0 Å². The van der Waals surface area contributed by atoms with Crippen molar-refractivity contribution in [2.24, 2.45) is 0 Å². The highest BCUT2D eigenvalue weighted by molar-refractivity contribution is 7.76. The molecule has 0 radical (unpaired) electrons. The van der Waals surface area contributed by atoms with Gasteiger partial charge in [-0.15, -0.1) is 0 Å². The molecule has 0 aliphatic carbocycles. The largest absolute Gasteiger partial charge is 0.0641 e. The highest BCUT2D eigenvalue weighted by atomic mass is 31.2. The Balaban J connectivity index is 4.38. The highest BCUT2D eigenvalue weighted by Crippen LogP contribution is 2.63. The molecule has 0 unspecified atom stereocenters. The Bertz CT molecular complexity index is 101. The van der Waals surface area contributed by atoms with Crippen molar-refractivity contribution in [1.29, 1.82) is 0 Å². The van der Waals surface area contributed by atoms with E-state index >= 15 is 0 Å². The van der Waals surface area contributed by atoms with Gasteiger partial charge in [0.1, 0.15) is 0 Å². The third kappa shape index (κ3) is 3.98. The molecule has 0 rings (SSSR count). The molecule has 80 valence electrons. The number of hydrogen-bond acceptors (Lipinski definition) is 0. The van der Waals surface area contributed by atoms with Crippen molar-refractivity contribution in [1.82, 2.24) is 0 Å². The van der Waals surface area contributed by atoms with Gasteiger partial charge in [-0.3, -0.25) is 0 Å². The van der Waals surface area contributed by atoms with Gasteiger partial charge < -0.3 is 0 Å². The molecule has 0 nitrogen and oxygen atoms in total. The fourth-order valence-electron chi connectivity index (χ4n) is 2.45. The molecule has 0 aliphatic rings. The first-order valence-electron chi connectivity index (χ1n) is 5.98. The van der Waals surface area contributed by atoms with E-state index in [1.807, 2.05) is 0 Å². The molecule has 1 heteroatoms. The normalized spacial score (nSPS) is 12.5. The quantitative estimate of drug-likeness (QED) is 0.529. The van der Waals surface area contributed by atoms with E-state index in [2.05, 4.69) is 34.6 Å². The van der Waals surface area contributed by atoms with Gasteiger partial charge in [-0.2, -0.15) is 0 Å². The Hall–Kier alpha value is 0.430. The van der Waals surface area contributed by atoms with E-state index in [0.717, 1.165) is 5.66 Å². The zero-order valence-corrected chi connectivity index (χ0v) is 11.2. The van der Waals surface area contributed by atoms with Crippen LogP contribution >= 0.6 is 7.26 Å². The predicted molar refractivity (Wildman–Crippen MR) is 67.5 cm³/mol. The van der Waals surface area contributed by atoms with E-state index in [1.54, 1.807) is 0 Å². The van der Waals surface area contributed by atoms with Crippen molar-refractivity contribution in [2.45, 2.75) is 59.5 Å². The SMILES string of the molecule is CCC[P+](CCC)(CCC)C(C)C. The Morgan fingerprint density at radius 2 is 1.08 bits per heavy atom. The summed E-state index contributed by atoms with van der Waals surface area (Å²) in [6.07, 6.45) is 8.79. The van der Waals surface area contributed by atoms with Crippen LogP contribution in [0.1, 0.15) is 53.9 Å². The third-order valence-electron chi connectivity index (χ3n) is 3.10. The standard InChI is InChI=1S/C12H28P/c1-6-9-13(10-7-2,11-8-3)12(4)5/h12H,6-11H2,1-5H3/q+1. The van der Waals surface area contributed by atoms with E-state index in [9.17, 15) is 0 Å². The van der Waals surface area contributed by atoms with E-state index in [4.69, 9.17) is 0 Å². The lowest BCUT2D eigenvalue weighted by Crippen LogP contribution is -2.16. The maximum Gasteiger partial charge on any atom is 0.0641 e. The monoisotopic (exact) mass is 203 g/mol. The maximum atomic E-state index is 2.45. The fraction of sp³-hybridized carbons (Fsp3) is 1.00. The molecule has 0 saturated carbocycles. The summed E-state index contributed by atoms with van der Waals surface area (Å²) in [7, 11) is -0.568. The second kappa shape index (κ2) is 6.82. The molecule has 0 bridgehead atoms. The Morgan fingerprint density at radius 3 is 1.23 bits per heavy atom. The Morgan fingerprint density at radius 1 is 0.769 bits per heavy atom. The molecular formula is C12H28P+. The van der Waals surface area contributed by atoms with Crippen molar-refractivity contribution in [3.63, 3.8) is 0 Å². The average molecular weight is 203 g/mol. The molecule has 13 heavy (non-hydrogen) atoms. The molecule has 0 amide bonds. The van der Waals surface area contributed by atoms with Crippen LogP contribution in [0.4, 0.5) is 0 Å². The summed E-state index contributed by atoms with van der Waals surface area (Å²) in [6, 6.07) is 0. The van der Waals surface area contributed by atoms with Gasteiger partial charge in [-0.05, 0) is 33.1 Å². The van der Waals surface area contributed by atoms with Crippen molar-refractivity contribution in [3.8, 4) is 0 Å². The summed E-state index contributed by atoms with van der Waals surface area (Å²) < 4.78 is 0. The summed E-state index contributed by atoms with van der Waals surface area (Å²) in [4.78, 5) is 0. The predicted octanol–water partition coefficient (Wildman–Crippen LogP) is 4.64. The lowest BCUT2D eigenvalue weighted by molar-refractivity contribution is 0.937. The average Bonchev–Trinajstić information content (AvgIpc) is 2.05. The van der Waals surface area contributed by atoms with Gasteiger partial charge in [-0.25, -0.2) is 0 Å². The van der Waals surface area contributed by atoms with E-state index in [-0.39, 0.29) is 0 Å². The Labute approximate surface area is 85.8 Å². The van der Waals surface area contributed by atoms with Crippen molar-refractivity contribution in [3.05, 3.63) is 0 Å². The summed E-state index contributed by atoms with van der Waals surface area (Å²) in [5, 5.41) is 0. The van der Waals surface area contributed by atoms with E-state index in [1.165, 1.54) is 37.7 Å². The minimum atomic E-state index is -0.568. The second-order valence-electron chi connectivity index (χ2n) is 4.48. The Kier molecular flexibility index (Phi) is 7.05. The van der Waals surface area contributed by atoms with Gasteiger partial charge >= 0.3 is 0 Å². The van der Waals surface area contributed by atoms with Crippen molar-refractivity contribution >= 4 is 7.26 Å². The molecule has 0 N–H and O–H groups in total. The van der Waals surface area contributed by atoms with Crippen LogP contribution in [-0.2, 0) is 0 Å². The second-order valence-corrected chi connectivity index (χ2v) is 9.29. The van der Waals surface area contributed by atoms with Gasteiger partial charge in [0.2, 0.25) is 0 Å². The molecule has 0 aromatic rings. The molecular weight excluding hydrogens is 175 g/mol. The van der Waals surface area contributed by atoms with Crippen LogP contribution in [0.3, 0.4) is 0 Å². The smallest absolute Gasteiger partial charge is 0.0619 e. The van der Waals surface area contributed by atoms with Crippen LogP contribution in [0.15, 0.2) is 0 Å². The maximum absolute atomic E-state index is 2.45. The lowest BCUT2D eigenvalue weighted by Gasteiger charge is -2.30. The molecule has 0 atom stereocenters. The van der Waals surface area contributed by atoms with E-state index in [0.29, 0.717) is 0 Å². The minimum Gasteiger partial charge on any atom is -0.0619 e. The first-order valence-corrected chi connectivity index (χ1v) is 8.40. The molecule has 0 fully saturated rings. The topological polar surface area (TPSA) is 0 Å². The molecule has 0 heterocycles. The van der Waals surface area contributed by atoms with Crippen molar-refractivity contribution in [2.75, 3.05) is 18.5 Å². The van der Waals surface area contributed by atoms with Gasteiger partial charge in [-0.1, -0.05) is 20.8 Å². The molecule has 0 aromatic heterocycles. The first-order chi connectivity index (χ1) is 6.13. The zero-order valence-electron chi connectivity index (χ0n) is 10.3. The van der Waals surface area contributed by atoms with Gasteiger partial charge in [0.15, 0.2) is 0 Å². The van der Waals surface area contributed by atoms with Crippen LogP contribution in [-0.4, -0.2) is 24.1 Å². The van der Waals surface area contributed by atoms with Crippen molar-refractivity contribution < 1.29 is 0 Å². The number of hydrogen-bond donors (Lipinski definition) is 0. The first kappa shape index (κ1) is 13.4. The molecule has 0 spiro atoms. The third-order valence-corrected chi connectivity index (χ3v) is 9.31. The fourth-order valence-corrected chi connectivity index (χ4v) is 7.34. The van der Waals surface area contributed by atoms with Crippen LogP contribution in [0, 0.1) is 0 Å². The van der Waals surface area contributed by atoms with E-state index < -0.39 is 7.26 Å². The van der Waals surface area contributed by atoms with Crippen LogP contribution in [0.5, 0.6) is 0 Å². The molecule has 0 aromatic carbocycles. The number of rotatable bonds is 7. The van der Waals surface area contributed by atoms with Crippen LogP contribution in [0.25, 0.3) is 0 Å². The zero-order chi connectivity index (χ0) is 10.3. The summed E-state index contributed by atoms with van der Waals surface area (Å²) in [5.41, 5.74) is 0.965. The highest BCUT2D eigenvalue weighted by Gasteiger charge is 2.37. The van der Waals surface area contributed by atoms with Gasteiger partial charge in [0, 0.05) is 7.26 Å². The van der Waals surface area contributed by atoms with Crippen LogP contribution < -0.4 is 0 Å². The van der Waals surface area contributed by atoms with Crippen LogP contribution in [0.2, 0.25) is 0 Å². The lowest BCUT2D eigenvalue weighted by atomic mass is 10.5. The molecule has 0 saturated heterocycles.